The molecule has 29 heavy (non-hydrogen) atoms. The quantitative estimate of drug-likeness (QED) is 0.672. The zero-order valence-electron chi connectivity index (χ0n) is 15.4. The number of anilines is 1. The van der Waals surface area contributed by atoms with Crippen molar-refractivity contribution in [2.75, 3.05) is 18.7 Å². The van der Waals surface area contributed by atoms with Gasteiger partial charge in [-0.05, 0) is 42.5 Å². The lowest BCUT2D eigenvalue weighted by Crippen LogP contribution is -2.32. The van der Waals surface area contributed by atoms with Crippen molar-refractivity contribution in [1.82, 2.24) is 5.32 Å². The second kappa shape index (κ2) is 8.35. The van der Waals surface area contributed by atoms with Crippen LogP contribution in [0.15, 0.2) is 72.8 Å². The Morgan fingerprint density at radius 3 is 2.52 bits per heavy atom. The van der Waals surface area contributed by atoms with Crippen LogP contribution in [0.25, 0.3) is 0 Å². The highest BCUT2D eigenvalue weighted by Crippen LogP contribution is 2.32. The van der Waals surface area contributed by atoms with Crippen LogP contribution in [0.3, 0.4) is 0 Å². The minimum atomic E-state index is -0.382. The summed E-state index contributed by atoms with van der Waals surface area (Å²) in [6, 6.07) is 21.2. The van der Waals surface area contributed by atoms with E-state index >= 15 is 0 Å². The summed E-state index contributed by atoms with van der Waals surface area (Å²) in [5.41, 5.74) is 0.897. The number of nitrogens with one attached hydrogen (secondary N) is 2. The van der Waals surface area contributed by atoms with E-state index in [1.54, 1.807) is 36.4 Å². The average molecular weight is 390 g/mol. The Labute approximate surface area is 167 Å². The number of amides is 2. The zero-order valence-corrected chi connectivity index (χ0v) is 15.4. The van der Waals surface area contributed by atoms with Crippen LogP contribution in [0.5, 0.6) is 23.0 Å². The molecule has 3 aromatic carbocycles. The van der Waals surface area contributed by atoms with Crippen LogP contribution in [0.2, 0.25) is 0 Å². The summed E-state index contributed by atoms with van der Waals surface area (Å²) in [4.78, 5) is 24.6. The van der Waals surface area contributed by atoms with Crippen molar-refractivity contribution in [3.63, 3.8) is 0 Å². The molecule has 2 amide bonds. The number of carbonyl (C=O) groups excluding carboxylic acids is 2. The number of rotatable bonds is 6. The van der Waals surface area contributed by atoms with Gasteiger partial charge in [0, 0.05) is 5.56 Å². The fourth-order valence-corrected chi connectivity index (χ4v) is 2.77. The summed E-state index contributed by atoms with van der Waals surface area (Å²) >= 11 is 0. The van der Waals surface area contributed by atoms with E-state index in [-0.39, 0.29) is 25.2 Å². The molecule has 0 radical (unpaired) electrons. The van der Waals surface area contributed by atoms with Gasteiger partial charge in [0.2, 0.25) is 12.7 Å². The predicted molar refractivity (Wildman–Crippen MR) is 106 cm³/mol. The van der Waals surface area contributed by atoms with Gasteiger partial charge in [-0.15, -0.1) is 0 Å². The Morgan fingerprint density at radius 2 is 1.66 bits per heavy atom. The van der Waals surface area contributed by atoms with Crippen LogP contribution in [-0.4, -0.2) is 25.2 Å². The molecule has 1 aliphatic rings. The number of carbonyl (C=O) groups is 2. The summed E-state index contributed by atoms with van der Waals surface area (Å²) in [5, 5.41) is 5.35. The summed E-state index contributed by atoms with van der Waals surface area (Å²) in [6.45, 7) is -0.0553. The SMILES string of the molecule is O=C(CNC(=O)c1ccc2c(c1)OCO2)Nc1ccccc1Oc1ccccc1. The van der Waals surface area contributed by atoms with E-state index in [9.17, 15) is 9.59 Å². The van der Waals surface area contributed by atoms with E-state index in [0.29, 0.717) is 34.2 Å². The standard InChI is InChI=1S/C22H18N2O5/c25-21(13-23-22(26)15-10-11-19-20(12-15)28-14-27-19)24-17-8-4-5-9-18(17)29-16-6-2-1-3-7-16/h1-12H,13-14H2,(H,23,26)(H,24,25). The maximum Gasteiger partial charge on any atom is 0.251 e. The summed E-state index contributed by atoms with van der Waals surface area (Å²) < 4.78 is 16.3. The lowest BCUT2D eigenvalue weighted by Gasteiger charge is -2.12. The summed E-state index contributed by atoms with van der Waals surface area (Å²) in [5.74, 6) is 1.51. The minimum absolute atomic E-state index is 0.132. The molecular weight excluding hydrogens is 372 g/mol. The number of fused-ring (bicyclic) bond motifs is 1. The van der Waals surface area contributed by atoms with E-state index < -0.39 is 0 Å². The molecule has 0 fully saturated rings. The number of hydrogen-bond donors (Lipinski definition) is 2. The Balaban J connectivity index is 1.36. The Bertz CT molecular complexity index is 1040. The van der Waals surface area contributed by atoms with Gasteiger partial charge < -0.3 is 24.8 Å². The van der Waals surface area contributed by atoms with Gasteiger partial charge >= 0.3 is 0 Å². The Morgan fingerprint density at radius 1 is 0.897 bits per heavy atom. The van der Waals surface area contributed by atoms with Gasteiger partial charge in [-0.25, -0.2) is 0 Å². The van der Waals surface area contributed by atoms with Crippen molar-refractivity contribution < 1.29 is 23.8 Å². The van der Waals surface area contributed by atoms with E-state index in [1.165, 1.54) is 0 Å². The molecule has 0 atom stereocenters. The molecule has 7 nitrogen and oxygen atoms in total. The van der Waals surface area contributed by atoms with E-state index in [1.807, 2.05) is 36.4 Å². The van der Waals surface area contributed by atoms with Crippen LogP contribution in [0.4, 0.5) is 5.69 Å². The van der Waals surface area contributed by atoms with Gasteiger partial charge in [0.1, 0.15) is 5.75 Å². The minimum Gasteiger partial charge on any atom is -0.455 e. The first-order valence-corrected chi connectivity index (χ1v) is 8.99. The average Bonchev–Trinajstić information content (AvgIpc) is 3.22. The van der Waals surface area contributed by atoms with Crippen LogP contribution >= 0.6 is 0 Å². The molecule has 0 aliphatic carbocycles. The number of hydrogen-bond acceptors (Lipinski definition) is 5. The maximum absolute atomic E-state index is 12.3. The molecule has 4 rings (SSSR count). The highest BCUT2D eigenvalue weighted by Gasteiger charge is 2.17. The summed E-state index contributed by atoms with van der Waals surface area (Å²) in [6.07, 6.45) is 0. The molecule has 3 aromatic rings. The molecule has 0 saturated carbocycles. The van der Waals surface area contributed by atoms with Gasteiger partial charge in [0.05, 0.1) is 12.2 Å². The highest BCUT2D eigenvalue weighted by molar-refractivity contribution is 6.00. The van der Waals surface area contributed by atoms with Gasteiger partial charge in [-0.1, -0.05) is 30.3 Å². The lowest BCUT2D eigenvalue weighted by atomic mass is 10.2. The number of ether oxygens (including phenoxy) is 3. The molecule has 0 saturated heterocycles. The van der Waals surface area contributed by atoms with Crippen molar-refractivity contribution in [2.45, 2.75) is 0 Å². The fourth-order valence-electron chi connectivity index (χ4n) is 2.77. The molecule has 0 spiro atoms. The molecule has 0 aromatic heterocycles. The third-order valence-corrected chi connectivity index (χ3v) is 4.18. The van der Waals surface area contributed by atoms with E-state index in [4.69, 9.17) is 14.2 Å². The first-order chi connectivity index (χ1) is 14.2. The number of para-hydroxylation sites is 3. The largest absolute Gasteiger partial charge is 0.455 e. The predicted octanol–water partition coefficient (Wildman–Crippen LogP) is 3.58. The van der Waals surface area contributed by atoms with Crippen LogP contribution in [0.1, 0.15) is 10.4 Å². The Kier molecular flexibility index (Phi) is 5.29. The molecule has 1 aliphatic heterocycles. The molecule has 0 bridgehead atoms. The first-order valence-electron chi connectivity index (χ1n) is 8.99. The molecule has 0 unspecified atom stereocenters. The van der Waals surface area contributed by atoms with Gasteiger partial charge in [-0.3, -0.25) is 9.59 Å². The molecular formula is C22H18N2O5. The molecule has 7 heteroatoms. The molecule has 2 N–H and O–H groups in total. The van der Waals surface area contributed by atoms with Crippen molar-refractivity contribution in [3.8, 4) is 23.0 Å². The second-order valence-electron chi connectivity index (χ2n) is 6.21. The maximum atomic E-state index is 12.3. The highest BCUT2D eigenvalue weighted by atomic mass is 16.7. The van der Waals surface area contributed by atoms with Crippen LogP contribution in [-0.2, 0) is 4.79 Å². The summed E-state index contributed by atoms with van der Waals surface area (Å²) in [7, 11) is 0. The van der Waals surface area contributed by atoms with Crippen molar-refractivity contribution >= 4 is 17.5 Å². The fraction of sp³-hybridized carbons (Fsp3) is 0.0909. The lowest BCUT2D eigenvalue weighted by molar-refractivity contribution is -0.115. The monoisotopic (exact) mass is 390 g/mol. The smallest absolute Gasteiger partial charge is 0.251 e. The Hall–Kier alpha value is -4.00. The topological polar surface area (TPSA) is 85.9 Å². The normalized spacial score (nSPS) is 11.6. The van der Waals surface area contributed by atoms with Gasteiger partial charge in [-0.2, -0.15) is 0 Å². The van der Waals surface area contributed by atoms with Crippen LogP contribution < -0.4 is 24.8 Å². The third kappa shape index (κ3) is 4.47. The second-order valence-corrected chi connectivity index (χ2v) is 6.21. The van der Waals surface area contributed by atoms with E-state index in [0.717, 1.165) is 0 Å². The van der Waals surface area contributed by atoms with Gasteiger partial charge in [0.15, 0.2) is 17.2 Å². The van der Waals surface area contributed by atoms with Crippen molar-refractivity contribution in [2.24, 2.45) is 0 Å². The molecule has 146 valence electrons. The molecule has 1 heterocycles. The van der Waals surface area contributed by atoms with Gasteiger partial charge in [0.25, 0.3) is 5.91 Å². The van der Waals surface area contributed by atoms with Crippen molar-refractivity contribution in [1.29, 1.82) is 0 Å². The van der Waals surface area contributed by atoms with E-state index in [2.05, 4.69) is 10.6 Å². The van der Waals surface area contributed by atoms with Crippen LogP contribution in [0, 0.1) is 0 Å². The first kappa shape index (κ1) is 18.4. The zero-order chi connectivity index (χ0) is 20.1. The van der Waals surface area contributed by atoms with Crippen molar-refractivity contribution in [3.05, 3.63) is 78.4 Å². The third-order valence-electron chi connectivity index (χ3n) is 4.18. The number of benzene rings is 3.